The SMILES string of the molecule is Cc1ccc(OC[C@@H](O)C[NH+]2CCN(c3cccc(Cl)c3)CC2)cc1C. The second kappa shape index (κ2) is 8.76. The van der Waals surface area contributed by atoms with E-state index in [0.717, 1.165) is 37.0 Å². The zero-order chi connectivity index (χ0) is 18.5. The number of piperazine rings is 1. The van der Waals surface area contributed by atoms with Gasteiger partial charge in [0.2, 0.25) is 0 Å². The molecule has 0 saturated carbocycles. The summed E-state index contributed by atoms with van der Waals surface area (Å²) in [5.41, 5.74) is 3.63. The van der Waals surface area contributed by atoms with Crippen LogP contribution in [0, 0.1) is 13.8 Å². The van der Waals surface area contributed by atoms with Crippen LogP contribution in [0.15, 0.2) is 42.5 Å². The Morgan fingerprint density at radius 2 is 1.88 bits per heavy atom. The molecule has 1 fully saturated rings. The predicted octanol–water partition coefficient (Wildman–Crippen LogP) is 2.10. The normalized spacial score (nSPS) is 16.5. The van der Waals surface area contributed by atoms with Crippen LogP contribution in [0.3, 0.4) is 0 Å². The number of quaternary nitrogens is 1. The Morgan fingerprint density at radius 3 is 2.58 bits per heavy atom. The molecule has 1 heterocycles. The molecular formula is C21H28ClN2O2+. The van der Waals surface area contributed by atoms with Gasteiger partial charge < -0.3 is 19.6 Å². The summed E-state index contributed by atoms with van der Waals surface area (Å²) in [5.74, 6) is 0.827. The molecule has 5 heteroatoms. The Balaban J connectivity index is 1.43. The van der Waals surface area contributed by atoms with Gasteiger partial charge in [0, 0.05) is 10.7 Å². The van der Waals surface area contributed by atoms with Crippen LogP contribution in [0.25, 0.3) is 0 Å². The Kier molecular flexibility index (Phi) is 6.41. The van der Waals surface area contributed by atoms with E-state index in [1.165, 1.54) is 21.7 Å². The lowest BCUT2D eigenvalue weighted by Gasteiger charge is -2.34. The largest absolute Gasteiger partial charge is 0.491 e. The molecule has 0 aliphatic carbocycles. The number of benzene rings is 2. The molecule has 1 saturated heterocycles. The quantitative estimate of drug-likeness (QED) is 0.812. The average molecular weight is 376 g/mol. The molecule has 0 radical (unpaired) electrons. The molecule has 0 spiro atoms. The fourth-order valence-electron chi connectivity index (χ4n) is 3.35. The standard InChI is InChI=1S/C21H27ClN2O2/c1-16-6-7-21(12-17(16)2)26-15-20(25)14-23-8-10-24(11-9-23)19-5-3-4-18(22)13-19/h3-7,12-13,20,25H,8-11,14-15H2,1-2H3/p+1/t20-/m0/s1. The van der Waals surface area contributed by atoms with Gasteiger partial charge in [-0.2, -0.15) is 0 Å². The first kappa shape index (κ1) is 19.0. The fourth-order valence-corrected chi connectivity index (χ4v) is 3.53. The number of ether oxygens (including phenoxy) is 1. The maximum Gasteiger partial charge on any atom is 0.137 e. The van der Waals surface area contributed by atoms with Crippen molar-refractivity contribution in [3.63, 3.8) is 0 Å². The summed E-state index contributed by atoms with van der Waals surface area (Å²) in [6, 6.07) is 14.0. The number of nitrogens with one attached hydrogen (secondary N) is 1. The van der Waals surface area contributed by atoms with Crippen molar-refractivity contribution < 1.29 is 14.7 Å². The topological polar surface area (TPSA) is 37.1 Å². The van der Waals surface area contributed by atoms with E-state index < -0.39 is 6.10 Å². The molecule has 2 aromatic rings. The van der Waals surface area contributed by atoms with Crippen molar-refractivity contribution >= 4 is 17.3 Å². The molecule has 1 atom stereocenters. The molecule has 26 heavy (non-hydrogen) atoms. The van der Waals surface area contributed by atoms with Gasteiger partial charge in [-0.3, -0.25) is 0 Å². The monoisotopic (exact) mass is 375 g/mol. The number of hydrogen-bond acceptors (Lipinski definition) is 3. The van der Waals surface area contributed by atoms with E-state index in [-0.39, 0.29) is 0 Å². The molecule has 1 aliphatic heterocycles. The molecule has 3 rings (SSSR count). The lowest BCUT2D eigenvalue weighted by Crippen LogP contribution is -3.16. The third-order valence-corrected chi connectivity index (χ3v) is 5.32. The van der Waals surface area contributed by atoms with E-state index in [4.69, 9.17) is 16.3 Å². The molecule has 4 nitrogen and oxygen atoms in total. The predicted molar refractivity (Wildman–Crippen MR) is 107 cm³/mol. The first-order valence-corrected chi connectivity index (χ1v) is 9.61. The van der Waals surface area contributed by atoms with Crippen LogP contribution in [0.1, 0.15) is 11.1 Å². The maximum absolute atomic E-state index is 10.3. The smallest absolute Gasteiger partial charge is 0.137 e. The summed E-state index contributed by atoms with van der Waals surface area (Å²) in [6.45, 7) is 9.17. The lowest BCUT2D eigenvalue weighted by atomic mass is 10.1. The van der Waals surface area contributed by atoms with Crippen LogP contribution in [-0.4, -0.2) is 50.5 Å². The number of aliphatic hydroxyl groups excluding tert-OH is 1. The van der Waals surface area contributed by atoms with Gasteiger partial charge in [-0.15, -0.1) is 0 Å². The number of anilines is 1. The number of rotatable bonds is 6. The molecule has 0 aromatic heterocycles. The van der Waals surface area contributed by atoms with Gasteiger partial charge in [-0.05, 0) is 55.3 Å². The van der Waals surface area contributed by atoms with Crippen molar-refractivity contribution in [2.45, 2.75) is 20.0 Å². The highest BCUT2D eigenvalue weighted by Gasteiger charge is 2.23. The Morgan fingerprint density at radius 1 is 1.12 bits per heavy atom. The number of aryl methyl sites for hydroxylation is 2. The van der Waals surface area contributed by atoms with E-state index in [1.54, 1.807) is 0 Å². The van der Waals surface area contributed by atoms with Crippen molar-refractivity contribution in [3.05, 3.63) is 58.6 Å². The zero-order valence-corrected chi connectivity index (χ0v) is 16.3. The first-order chi connectivity index (χ1) is 12.5. The molecule has 2 aromatic carbocycles. The van der Waals surface area contributed by atoms with Crippen LogP contribution in [-0.2, 0) is 0 Å². The second-order valence-corrected chi connectivity index (χ2v) is 7.57. The highest BCUT2D eigenvalue weighted by atomic mass is 35.5. The Bertz CT molecular complexity index is 730. The van der Waals surface area contributed by atoms with Crippen molar-refractivity contribution in [2.75, 3.05) is 44.2 Å². The summed E-state index contributed by atoms with van der Waals surface area (Å²) in [7, 11) is 0. The minimum Gasteiger partial charge on any atom is -0.491 e. The fraction of sp³-hybridized carbons (Fsp3) is 0.429. The third-order valence-electron chi connectivity index (χ3n) is 5.09. The minimum absolute atomic E-state index is 0.337. The summed E-state index contributed by atoms with van der Waals surface area (Å²) >= 11 is 6.09. The highest BCUT2D eigenvalue weighted by Crippen LogP contribution is 2.19. The van der Waals surface area contributed by atoms with Gasteiger partial charge in [0.25, 0.3) is 0 Å². The van der Waals surface area contributed by atoms with Gasteiger partial charge >= 0.3 is 0 Å². The molecular weight excluding hydrogens is 348 g/mol. The summed E-state index contributed by atoms with van der Waals surface area (Å²) in [4.78, 5) is 3.77. The molecule has 0 amide bonds. The summed E-state index contributed by atoms with van der Waals surface area (Å²) < 4.78 is 5.76. The molecule has 2 N–H and O–H groups in total. The van der Waals surface area contributed by atoms with E-state index in [2.05, 4.69) is 30.9 Å². The lowest BCUT2D eigenvalue weighted by molar-refractivity contribution is -0.903. The van der Waals surface area contributed by atoms with Crippen LogP contribution >= 0.6 is 11.6 Å². The summed E-state index contributed by atoms with van der Waals surface area (Å²) in [5, 5.41) is 11.1. The average Bonchev–Trinajstić information content (AvgIpc) is 2.63. The van der Waals surface area contributed by atoms with Crippen LogP contribution < -0.4 is 14.5 Å². The highest BCUT2D eigenvalue weighted by molar-refractivity contribution is 6.30. The van der Waals surface area contributed by atoms with Gasteiger partial charge in [-0.1, -0.05) is 23.7 Å². The maximum atomic E-state index is 10.3. The van der Waals surface area contributed by atoms with Gasteiger partial charge in [0.15, 0.2) is 0 Å². The Labute approximate surface area is 160 Å². The van der Waals surface area contributed by atoms with Crippen molar-refractivity contribution in [3.8, 4) is 5.75 Å². The second-order valence-electron chi connectivity index (χ2n) is 7.13. The van der Waals surface area contributed by atoms with E-state index in [1.807, 2.05) is 30.3 Å². The van der Waals surface area contributed by atoms with Crippen LogP contribution in [0.5, 0.6) is 5.75 Å². The van der Waals surface area contributed by atoms with Crippen molar-refractivity contribution in [1.29, 1.82) is 0 Å². The van der Waals surface area contributed by atoms with E-state index in [0.29, 0.717) is 13.2 Å². The summed E-state index contributed by atoms with van der Waals surface area (Å²) in [6.07, 6.45) is -0.454. The number of hydrogen-bond donors (Lipinski definition) is 2. The number of halogens is 1. The van der Waals surface area contributed by atoms with Crippen LogP contribution in [0.2, 0.25) is 5.02 Å². The van der Waals surface area contributed by atoms with Crippen molar-refractivity contribution in [2.24, 2.45) is 0 Å². The van der Waals surface area contributed by atoms with E-state index in [9.17, 15) is 5.11 Å². The minimum atomic E-state index is -0.454. The van der Waals surface area contributed by atoms with Crippen LogP contribution in [0.4, 0.5) is 5.69 Å². The molecule has 0 unspecified atom stereocenters. The van der Waals surface area contributed by atoms with Gasteiger partial charge in [-0.25, -0.2) is 0 Å². The van der Waals surface area contributed by atoms with Gasteiger partial charge in [0.1, 0.15) is 25.0 Å². The molecule has 1 aliphatic rings. The number of aliphatic hydroxyl groups is 1. The molecule has 140 valence electrons. The van der Waals surface area contributed by atoms with Crippen molar-refractivity contribution in [1.82, 2.24) is 0 Å². The number of nitrogens with zero attached hydrogens (tertiary/aromatic N) is 1. The van der Waals surface area contributed by atoms with E-state index >= 15 is 0 Å². The third kappa shape index (κ3) is 5.13. The molecule has 0 bridgehead atoms. The Hall–Kier alpha value is -1.75. The van der Waals surface area contributed by atoms with Gasteiger partial charge in [0.05, 0.1) is 26.2 Å². The first-order valence-electron chi connectivity index (χ1n) is 9.23. The zero-order valence-electron chi connectivity index (χ0n) is 15.5.